The lowest BCUT2D eigenvalue weighted by Gasteiger charge is -2.35. The first-order valence-electron chi connectivity index (χ1n) is 9.87. The predicted octanol–water partition coefficient (Wildman–Crippen LogP) is 2.25. The molecule has 1 aromatic carbocycles. The van der Waals surface area contributed by atoms with E-state index in [2.05, 4.69) is 0 Å². The van der Waals surface area contributed by atoms with Crippen molar-refractivity contribution in [2.75, 3.05) is 26.2 Å². The number of nitrogens with zero attached hydrogens (tertiary/aromatic N) is 3. The Balaban J connectivity index is 1.38. The van der Waals surface area contributed by atoms with E-state index in [9.17, 15) is 23.3 Å². The van der Waals surface area contributed by atoms with E-state index in [-0.39, 0.29) is 23.9 Å². The third kappa shape index (κ3) is 3.53. The highest BCUT2D eigenvalue weighted by Crippen LogP contribution is 2.49. The van der Waals surface area contributed by atoms with Crippen LogP contribution in [0.1, 0.15) is 32.1 Å². The van der Waals surface area contributed by atoms with Gasteiger partial charge in [0.2, 0.25) is 15.9 Å². The summed E-state index contributed by atoms with van der Waals surface area (Å²) in [5.41, 5.74) is -0.419. The van der Waals surface area contributed by atoms with Crippen LogP contribution in [0.25, 0.3) is 0 Å². The topological polar surface area (TPSA) is 101 Å². The Bertz CT molecular complexity index is 879. The van der Waals surface area contributed by atoms with Crippen LogP contribution < -0.4 is 0 Å². The summed E-state index contributed by atoms with van der Waals surface area (Å²) < 4.78 is 27.0. The van der Waals surface area contributed by atoms with Gasteiger partial charge in [0.1, 0.15) is 0 Å². The van der Waals surface area contributed by atoms with E-state index in [4.69, 9.17) is 0 Å². The number of carbonyl (C=O) groups excluding carboxylic acids is 1. The van der Waals surface area contributed by atoms with E-state index < -0.39 is 20.6 Å². The molecule has 2 aliphatic carbocycles. The molecule has 9 heteroatoms. The average Bonchev–Trinajstić information content (AvgIpc) is 3.31. The molecule has 0 radical (unpaired) electrons. The molecule has 4 rings (SSSR count). The van der Waals surface area contributed by atoms with Gasteiger partial charge in [-0.25, -0.2) is 8.42 Å². The van der Waals surface area contributed by atoms with E-state index in [0.717, 1.165) is 12.3 Å². The molecule has 3 atom stereocenters. The number of fused-ring (bicyclic) bond motifs is 2. The minimum Gasteiger partial charge on any atom is -0.340 e. The molecule has 0 spiro atoms. The van der Waals surface area contributed by atoms with Gasteiger partial charge in [-0.2, -0.15) is 4.31 Å². The quantitative estimate of drug-likeness (QED) is 0.550. The van der Waals surface area contributed by atoms with Crippen molar-refractivity contribution in [1.29, 1.82) is 0 Å². The summed E-state index contributed by atoms with van der Waals surface area (Å²) in [6, 6.07) is 5.39. The van der Waals surface area contributed by atoms with Crippen molar-refractivity contribution in [3.8, 4) is 0 Å². The minimum absolute atomic E-state index is 0.111. The number of nitro benzene ring substituents is 1. The van der Waals surface area contributed by atoms with Gasteiger partial charge in [-0.3, -0.25) is 14.9 Å². The fourth-order valence-corrected chi connectivity index (χ4v) is 6.70. The van der Waals surface area contributed by atoms with Gasteiger partial charge < -0.3 is 4.90 Å². The third-order valence-electron chi connectivity index (χ3n) is 6.59. The van der Waals surface area contributed by atoms with Crippen LogP contribution in [0.5, 0.6) is 0 Å². The minimum atomic E-state index is -3.96. The molecule has 1 heterocycles. The molecular weight excluding hydrogens is 382 g/mol. The lowest BCUT2D eigenvalue weighted by atomic mass is 9.86. The van der Waals surface area contributed by atoms with Crippen LogP contribution in [0.2, 0.25) is 0 Å². The maximum Gasteiger partial charge on any atom is 0.289 e. The fourth-order valence-electron chi connectivity index (χ4n) is 5.12. The molecule has 0 N–H and O–H groups in total. The predicted molar refractivity (Wildman–Crippen MR) is 102 cm³/mol. The second-order valence-electron chi connectivity index (χ2n) is 8.15. The van der Waals surface area contributed by atoms with Crippen molar-refractivity contribution in [2.24, 2.45) is 17.8 Å². The second-order valence-corrected chi connectivity index (χ2v) is 10.1. The molecule has 3 aliphatic rings. The highest BCUT2D eigenvalue weighted by atomic mass is 32.2. The number of sulfonamides is 1. The molecule has 2 bridgehead atoms. The molecule has 2 saturated carbocycles. The van der Waals surface area contributed by atoms with Crippen LogP contribution in [-0.4, -0.2) is 54.6 Å². The molecule has 1 aliphatic heterocycles. The number of carbonyl (C=O) groups is 1. The Hall–Kier alpha value is -2.00. The van der Waals surface area contributed by atoms with Gasteiger partial charge in [-0.1, -0.05) is 18.6 Å². The van der Waals surface area contributed by atoms with E-state index in [1.165, 1.54) is 47.8 Å². The standard InChI is InChI=1S/C19H25N3O5S/c23-19(13-16-12-14-5-6-15(16)11-14)20-7-9-21(10-8-20)28(26,27)18-4-2-1-3-17(18)22(24)25/h1-4,14-16H,5-13H2/t14-,15-,16+/m0/s1. The normalized spacial score (nSPS) is 27.9. The summed E-state index contributed by atoms with van der Waals surface area (Å²) in [6.07, 6.45) is 5.53. The van der Waals surface area contributed by atoms with Crippen molar-refractivity contribution in [3.63, 3.8) is 0 Å². The number of rotatable bonds is 5. The van der Waals surface area contributed by atoms with Gasteiger partial charge in [-0.15, -0.1) is 0 Å². The molecule has 0 unspecified atom stereocenters. The van der Waals surface area contributed by atoms with Crippen LogP contribution in [0.4, 0.5) is 5.69 Å². The fraction of sp³-hybridized carbons (Fsp3) is 0.632. The van der Waals surface area contributed by atoms with Crippen LogP contribution in [0.15, 0.2) is 29.2 Å². The summed E-state index contributed by atoms with van der Waals surface area (Å²) in [7, 11) is -3.96. The zero-order valence-electron chi connectivity index (χ0n) is 15.7. The summed E-state index contributed by atoms with van der Waals surface area (Å²) in [4.78, 5) is 24.6. The van der Waals surface area contributed by atoms with Crippen molar-refractivity contribution in [2.45, 2.75) is 37.0 Å². The van der Waals surface area contributed by atoms with Crippen LogP contribution in [0.3, 0.4) is 0 Å². The lowest BCUT2D eigenvalue weighted by Crippen LogP contribution is -2.50. The van der Waals surface area contributed by atoms with E-state index >= 15 is 0 Å². The first kappa shape index (κ1) is 19.3. The SMILES string of the molecule is O=C(C[C@H]1C[C@H]2CC[C@H]1C2)N1CCN(S(=O)(=O)c2ccccc2[N+](=O)[O-])CC1. The highest BCUT2D eigenvalue weighted by molar-refractivity contribution is 7.89. The van der Waals surface area contributed by atoms with Gasteiger partial charge in [0, 0.05) is 38.7 Å². The van der Waals surface area contributed by atoms with Crippen LogP contribution in [-0.2, 0) is 14.8 Å². The Labute approximate surface area is 164 Å². The van der Waals surface area contributed by atoms with Crippen molar-refractivity contribution >= 4 is 21.6 Å². The molecule has 1 amide bonds. The molecule has 8 nitrogen and oxygen atoms in total. The summed E-state index contributed by atoms with van der Waals surface area (Å²) >= 11 is 0. The van der Waals surface area contributed by atoms with Gasteiger partial charge in [0.15, 0.2) is 4.90 Å². The molecule has 1 saturated heterocycles. The molecule has 1 aromatic rings. The monoisotopic (exact) mass is 407 g/mol. The third-order valence-corrected chi connectivity index (χ3v) is 8.54. The highest BCUT2D eigenvalue weighted by Gasteiger charge is 2.41. The maximum absolute atomic E-state index is 12.9. The Kier molecular flexibility index (Phi) is 5.13. The first-order valence-corrected chi connectivity index (χ1v) is 11.3. The summed E-state index contributed by atoms with van der Waals surface area (Å²) in [6.45, 7) is 0.993. The number of amides is 1. The van der Waals surface area contributed by atoms with Gasteiger partial charge in [0.05, 0.1) is 4.92 Å². The molecule has 152 valence electrons. The molecule has 28 heavy (non-hydrogen) atoms. The van der Waals surface area contributed by atoms with Crippen LogP contribution >= 0.6 is 0 Å². The average molecular weight is 407 g/mol. The molecule has 0 aromatic heterocycles. The smallest absolute Gasteiger partial charge is 0.289 e. The number of nitro groups is 1. The Morgan fingerprint density at radius 2 is 1.82 bits per heavy atom. The summed E-state index contributed by atoms with van der Waals surface area (Å²) in [5.74, 6) is 2.08. The Morgan fingerprint density at radius 3 is 2.43 bits per heavy atom. The Morgan fingerprint density at radius 1 is 1.11 bits per heavy atom. The van der Waals surface area contributed by atoms with Crippen molar-refractivity contribution in [3.05, 3.63) is 34.4 Å². The van der Waals surface area contributed by atoms with Crippen molar-refractivity contribution in [1.82, 2.24) is 9.21 Å². The maximum atomic E-state index is 12.9. The zero-order chi connectivity index (χ0) is 19.9. The van der Waals surface area contributed by atoms with Gasteiger partial charge in [-0.05, 0) is 43.1 Å². The van der Waals surface area contributed by atoms with E-state index in [1.807, 2.05) is 0 Å². The largest absolute Gasteiger partial charge is 0.340 e. The number of para-hydroxylation sites is 1. The van der Waals surface area contributed by atoms with Gasteiger partial charge >= 0.3 is 0 Å². The summed E-state index contributed by atoms with van der Waals surface area (Å²) in [5, 5.41) is 11.2. The molecular formula is C19H25N3O5S. The first-order chi connectivity index (χ1) is 13.4. The number of benzene rings is 1. The number of hydrogen-bond donors (Lipinski definition) is 0. The number of piperazine rings is 1. The van der Waals surface area contributed by atoms with E-state index in [0.29, 0.717) is 31.3 Å². The zero-order valence-corrected chi connectivity index (χ0v) is 16.5. The number of hydrogen-bond acceptors (Lipinski definition) is 5. The lowest BCUT2D eigenvalue weighted by molar-refractivity contribution is -0.387. The van der Waals surface area contributed by atoms with Crippen LogP contribution in [0, 0.1) is 27.9 Å². The van der Waals surface area contributed by atoms with Gasteiger partial charge in [0.25, 0.3) is 5.69 Å². The second kappa shape index (κ2) is 7.44. The van der Waals surface area contributed by atoms with E-state index in [1.54, 1.807) is 4.90 Å². The van der Waals surface area contributed by atoms with Crippen molar-refractivity contribution < 1.29 is 18.1 Å². The molecule has 3 fully saturated rings.